The highest BCUT2D eigenvalue weighted by molar-refractivity contribution is 5.96. The smallest absolute Gasteiger partial charge is 0.252 e. The second kappa shape index (κ2) is 5.49. The molecule has 1 aromatic rings. The maximum atomic E-state index is 12.1. The zero-order chi connectivity index (χ0) is 12.9. The normalized spacial score (nSPS) is 13.5. The molecule has 90 valence electrons. The molecule has 1 aromatic carbocycles. The number of aryl methyl sites for hydroxylation is 1. The van der Waals surface area contributed by atoms with Gasteiger partial charge in [0.1, 0.15) is 5.54 Å². The minimum atomic E-state index is -0.794. The molecule has 1 N–H and O–H groups in total. The summed E-state index contributed by atoms with van der Waals surface area (Å²) in [5.74, 6) is -0.173. The first-order chi connectivity index (χ1) is 8.06. The molecule has 0 bridgehead atoms. The van der Waals surface area contributed by atoms with Crippen LogP contribution in [-0.4, -0.2) is 11.4 Å². The molecule has 0 saturated heterocycles. The molecule has 1 amide bonds. The maximum absolute atomic E-state index is 12.1. The molecule has 1 rings (SSSR count). The Labute approximate surface area is 102 Å². The van der Waals surface area contributed by atoms with E-state index < -0.39 is 5.54 Å². The summed E-state index contributed by atoms with van der Waals surface area (Å²) in [4.78, 5) is 12.1. The number of hydrogen-bond acceptors (Lipinski definition) is 2. The second-order valence-electron chi connectivity index (χ2n) is 4.26. The highest BCUT2D eigenvalue weighted by atomic mass is 16.1. The summed E-state index contributed by atoms with van der Waals surface area (Å²) in [5, 5.41) is 11.8. The lowest BCUT2D eigenvalue weighted by molar-refractivity contribution is 0.0922. The van der Waals surface area contributed by atoms with E-state index in [2.05, 4.69) is 11.4 Å². The van der Waals surface area contributed by atoms with Crippen LogP contribution >= 0.6 is 0 Å². The molecule has 3 nitrogen and oxygen atoms in total. The first-order valence-electron chi connectivity index (χ1n) is 5.88. The predicted molar refractivity (Wildman–Crippen MR) is 67.6 cm³/mol. The monoisotopic (exact) mass is 230 g/mol. The van der Waals surface area contributed by atoms with Crippen molar-refractivity contribution < 1.29 is 4.79 Å². The lowest BCUT2D eigenvalue weighted by Crippen LogP contribution is -2.44. The molecule has 17 heavy (non-hydrogen) atoms. The Kier molecular flexibility index (Phi) is 4.28. The number of carbonyl (C=O) groups is 1. The quantitative estimate of drug-likeness (QED) is 0.864. The van der Waals surface area contributed by atoms with E-state index in [1.165, 1.54) is 0 Å². The average molecular weight is 230 g/mol. The van der Waals surface area contributed by atoms with Gasteiger partial charge in [0.25, 0.3) is 5.91 Å². The van der Waals surface area contributed by atoms with Crippen LogP contribution < -0.4 is 5.32 Å². The van der Waals surface area contributed by atoms with Crippen LogP contribution in [0.2, 0.25) is 0 Å². The second-order valence-corrected chi connectivity index (χ2v) is 4.26. The van der Waals surface area contributed by atoms with E-state index >= 15 is 0 Å². The van der Waals surface area contributed by atoms with E-state index in [0.29, 0.717) is 12.0 Å². The number of benzene rings is 1. The van der Waals surface area contributed by atoms with Gasteiger partial charge in [-0.2, -0.15) is 5.26 Å². The SMILES string of the molecule is CCc1ccccc1C(=O)NC(C)(C#N)CC. The summed E-state index contributed by atoms with van der Waals surface area (Å²) in [7, 11) is 0. The number of hydrogen-bond donors (Lipinski definition) is 1. The maximum Gasteiger partial charge on any atom is 0.252 e. The Bertz CT molecular complexity index is 448. The van der Waals surface area contributed by atoms with Gasteiger partial charge in [0.05, 0.1) is 6.07 Å². The Hall–Kier alpha value is -1.82. The third-order valence-corrected chi connectivity index (χ3v) is 2.99. The Balaban J connectivity index is 2.95. The minimum Gasteiger partial charge on any atom is -0.334 e. The van der Waals surface area contributed by atoms with Crippen LogP contribution in [0.15, 0.2) is 24.3 Å². The summed E-state index contributed by atoms with van der Waals surface area (Å²) < 4.78 is 0. The van der Waals surface area contributed by atoms with E-state index in [1.54, 1.807) is 13.0 Å². The topological polar surface area (TPSA) is 52.9 Å². The van der Waals surface area contributed by atoms with Crippen LogP contribution in [0.5, 0.6) is 0 Å². The summed E-state index contributed by atoms with van der Waals surface area (Å²) in [6, 6.07) is 9.62. The molecule has 3 heteroatoms. The largest absolute Gasteiger partial charge is 0.334 e. The van der Waals surface area contributed by atoms with Crippen molar-refractivity contribution >= 4 is 5.91 Å². The molecule has 0 aromatic heterocycles. The number of nitrogens with zero attached hydrogens (tertiary/aromatic N) is 1. The van der Waals surface area contributed by atoms with Crippen LogP contribution in [0.3, 0.4) is 0 Å². The molecular weight excluding hydrogens is 212 g/mol. The Morgan fingerprint density at radius 2 is 2.06 bits per heavy atom. The molecular formula is C14H18N2O. The number of rotatable bonds is 4. The van der Waals surface area contributed by atoms with E-state index in [0.717, 1.165) is 12.0 Å². The molecule has 1 atom stereocenters. The summed E-state index contributed by atoms with van der Waals surface area (Å²) >= 11 is 0. The average Bonchev–Trinajstić information content (AvgIpc) is 2.38. The fourth-order valence-electron chi connectivity index (χ4n) is 1.56. The third-order valence-electron chi connectivity index (χ3n) is 2.99. The van der Waals surface area contributed by atoms with E-state index in [9.17, 15) is 4.79 Å². The van der Waals surface area contributed by atoms with Crippen molar-refractivity contribution in [2.75, 3.05) is 0 Å². The molecule has 0 spiro atoms. The zero-order valence-electron chi connectivity index (χ0n) is 10.6. The standard InChI is InChI=1S/C14H18N2O/c1-4-11-8-6-7-9-12(11)13(17)16-14(3,5-2)10-15/h6-9H,4-5H2,1-3H3,(H,16,17). The Morgan fingerprint density at radius 1 is 1.41 bits per heavy atom. The van der Waals surface area contributed by atoms with Gasteiger partial charge in [0, 0.05) is 5.56 Å². The van der Waals surface area contributed by atoms with Crippen molar-refractivity contribution in [3.63, 3.8) is 0 Å². The molecule has 1 unspecified atom stereocenters. The molecule has 0 aliphatic heterocycles. The van der Waals surface area contributed by atoms with Crippen molar-refractivity contribution in [3.8, 4) is 6.07 Å². The van der Waals surface area contributed by atoms with Gasteiger partial charge in [-0.1, -0.05) is 32.0 Å². The summed E-state index contributed by atoms with van der Waals surface area (Å²) in [6.07, 6.45) is 1.39. The molecule has 0 aliphatic rings. The molecule has 0 saturated carbocycles. The lowest BCUT2D eigenvalue weighted by atomic mass is 9.99. The van der Waals surface area contributed by atoms with Crippen LogP contribution in [0.1, 0.15) is 43.1 Å². The highest BCUT2D eigenvalue weighted by Crippen LogP contribution is 2.13. The van der Waals surface area contributed by atoms with Crippen molar-refractivity contribution in [2.24, 2.45) is 0 Å². The first kappa shape index (κ1) is 13.2. The number of nitriles is 1. The van der Waals surface area contributed by atoms with Crippen molar-refractivity contribution in [1.29, 1.82) is 5.26 Å². The van der Waals surface area contributed by atoms with E-state index in [4.69, 9.17) is 5.26 Å². The van der Waals surface area contributed by atoms with Crippen molar-refractivity contribution in [2.45, 2.75) is 39.2 Å². The highest BCUT2D eigenvalue weighted by Gasteiger charge is 2.24. The first-order valence-corrected chi connectivity index (χ1v) is 5.88. The van der Waals surface area contributed by atoms with Crippen LogP contribution in [0.25, 0.3) is 0 Å². The van der Waals surface area contributed by atoms with Gasteiger partial charge >= 0.3 is 0 Å². The van der Waals surface area contributed by atoms with Gasteiger partial charge in [0.15, 0.2) is 0 Å². The van der Waals surface area contributed by atoms with Crippen LogP contribution in [-0.2, 0) is 6.42 Å². The van der Waals surface area contributed by atoms with Crippen LogP contribution in [0.4, 0.5) is 0 Å². The molecule has 0 heterocycles. The summed E-state index contributed by atoms with van der Waals surface area (Å²) in [5.41, 5.74) is 0.865. The fourth-order valence-corrected chi connectivity index (χ4v) is 1.56. The third kappa shape index (κ3) is 3.07. The minimum absolute atomic E-state index is 0.173. The Morgan fingerprint density at radius 3 is 2.59 bits per heavy atom. The van der Waals surface area contributed by atoms with Gasteiger partial charge in [-0.3, -0.25) is 4.79 Å². The summed E-state index contributed by atoms with van der Waals surface area (Å²) in [6.45, 7) is 5.63. The van der Waals surface area contributed by atoms with E-state index in [-0.39, 0.29) is 5.91 Å². The van der Waals surface area contributed by atoms with Crippen LogP contribution in [0, 0.1) is 11.3 Å². The van der Waals surface area contributed by atoms with Gasteiger partial charge in [-0.25, -0.2) is 0 Å². The number of amides is 1. The van der Waals surface area contributed by atoms with Gasteiger partial charge in [0.2, 0.25) is 0 Å². The number of carbonyl (C=O) groups excluding carboxylic acids is 1. The number of nitrogens with one attached hydrogen (secondary N) is 1. The lowest BCUT2D eigenvalue weighted by Gasteiger charge is -2.21. The fraction of sp³-hybridized carbons (Fsp3) is 0.429. The van der Waals surface area contributed by atoms with Crippen molar-refractivity contribution in [1.82, 2.24) is 5.32 Å². The molecule has 0 aliphatic carbocycles. The zero-order valence-corrected chi connectivity index (χ0v) is 10.6. The molecule has 0 fully saturated rings. The predicted octanol–water partition coefficient (Wildman–Crippen LogP) is 2.67. The van der Waals surface area contributed by atoms with Gasteiger partial charge in [-0.05, 0) is 31.4 Å². The van der Waals surface area contributed by atoms with E-state index in [1.807, 2.05) is 32.0 Å². The molecule has 0 radical (unpaired) electrons. The van der Waals surface area contributed by atoms with Gasteiger partial charge < -0.3 is 5.32 Å². The van der Waals surface area contributed by atoms with Gasteiger partial charge in [-0.15, -0.1) is 0 Å². The van der Waals surface area contributed by atoms with Crippen molar-refractivity contribution in [3.05, 3.63) is 35.4 Å².